The first-order chi connectivity index (χ1) is 7.86. The number of nitrogens with zero attached hydrogens (tertiary/aromatic N) is 2. The Morgan fingerprint density at radius 3 is 3.00 bits per heavy atom. The van der Waals surface area contributed by atoms with Crippen LogP contribution >= 0.6 is 23.3 Å². The summed E-state index contributed by atoms with van der Waals surface area (Å²) in [5.41, 5.74) is 0.542. The fraction of sp³-hybridized carbons (Fsp3) is 0.200. The van der Waals surface area contributed by atoms with Gasteiger partial charge < -0.3 is 5.32 Å². The molecule has 0 saturated heterocycles. The molecule has 16 heavy (non-hydrogen) atoms. The van der Waals surface area contributed by atoms with E-state index in [1.807, 2.05) is 6.07 Å². The van der Waals surface area contributed by atoms with Gasteiger partial charge in [0.05, 0.1) is 5.69 Å². The van der Waals surface area contributed by atoms with E-state index < -0.39 is 0 Å². The lowest BCUT2D eigenvalue weighted by atomic mass is 10.3. The summed E-state index contributed by atoms with van der Waals surface area (Å²) in [5.74, 6) is 0.618. The minimum atomic E-state index is -0.219. The molecule has 6 heteroatoms. The lowest BCUT2D eigenvalue weighted by Gasteiger charge is -2.05. The number of benzene rings is 1. The van der Waals surface area contributed by atoms with Gasteiger partial charge in [0.2, 0.25) is 0 Å². The van der Waals surface area contributed by atoms with Crippen LogP contribution in [0.1, 0.15) is 0 Å². The van der Waals surface area contributed by atoms with E-state index >= 15 is 0 Å². The predicted molar refractivity (Wildman–Crippen MR) is 65.5 cm³/mol. The SMILES string of the molecule is Fc1ccccc1NCCSc1ncns1. The second-order valence-corrected chi connectivity index (χ2v) is 5.08. The van der Waals surface area contributed by atoms with Crippen molar-refractivity contribution in [2.75, 3.05) is 17.6 Å². The van der Waals surface area contributed by atoms with Gasteiger partial charge in [-0.2, -0.15) is 4.37 Å². The smallest absolute Gasteiger partial charge is 0.169 e. The second-order valence-electron chi connectivity index (χ2n) is 2.96. The summed E-state index contributed by atoms with van der Waals surface area (Å²) in [6.07, 6.45) is 1.54. The topological polar surface area (TPSA) is 37.8 Å². The quantitative estimate of drug-likeness (QED) is 0.658. The van der Waals surface area contributed by atoms with Crippen molar-refractivity contribution in [3.8, 4) is 0 Å². The Bertz CT molecular complexity index is 433. The highest BCUT2D eigenvalue weighted by atomic mass is 32.2. The molecule has 84 valence electrons. The predicted octanol–water partition coefficient (Wildman–Crippen LogP) is 2.88. The highest BCUT2D eigenvalue weighted by Crippen LogP contribution is 2.18. The number of aromatic nitrogens is 2. The number of halogens is 1. The normalized spacial score (nSPS) is 10.3. The van der Waals surface area contributed by atoms with Crippen molar-refractivity contribution < 1.29 is 4.39 Å². The molecular formula is C10H10FN3S2. The monoisotopic (exact) mass is 255 g/mol. The number of anilines is 1. The standard InChI is InChI=1S/C10H10FN3S2/c11-8-3-1-2-4-9(8)12-5-6-15-10-13-7-14-16-10/h1-4,7,12H,5-6H2. The average Bonchev–Trinajstić information content (AvgIpc) is 2.79. The summed E-state index contributed by atoms with van der Waals surface area (Å²) in [6, 6.07) is 6.66. The molecule has 0 aliphatic carbocycles. The zero-order chi connectivity index (χ0) is 11.2. The molecule has 0 atom stereocenters. The second kappa shape index (κ2) is 5.81. The molecule has 0 bridgehead atoms. The molecule has 1 N–H and O–H groups in total. The van der Waals surface area contributed by atoms with Crippen molar-refractivity contribution in [1.29, 1.82) is 0 Å². The van der Waals surface area contributed by atoms with E-state index in [2.05, 4.69) is 14.7 Å². The number of thioether (sulfide) groups is 1. The first-order valence-corrected chi connectivity index (χ1v) is 6.50. The maximum Gasteiger partial charge on any atom is 0.169 e. The van der Waals surface area contributed by atoms with E-state index in [1.165, 1.54) is 23.9 Å². The Kier molecular flexibility index (Phi) is 4.12. The summed E-state index contributed by atoms with van der Waals surface area (Å²) in [5, 5.41) is 3.04. The van der Waals surface area contributed by atoms with Gasteiger partial charge >= 0.3 is 0 Å². The molecule has 1 aromatic heterocycles. The molecule has 0 aliphatic rings. The first kappa shape index (κ1) is 11.3. The highest BCUT2D eigenvalue weighted by Gasteiger charge is 2.00. The Morgan fingerprint density at radius 1 is 1.38 bits per heavy atom. The van der Waals surface area contributed by atoms with Gasteiger partial charge in [0, 0.05) is 12.3 Å². The molecule has 0 radical (unpaired) electrons. The zero-order valence-corrected chi connectivity index (χ0v) is 10.0. The molecule has 0 aliphatic heterocycles. The van der Waals surface area contributed by atoms with Crippen molar-refractivity contribution >= 4 is 29.0 Å². The molecule has 0 amide bonds. The Balaban J connectivity index is 1.74. The van der Waals surface area contributed by atoms with Gasteiger partial charge in [0.15, 0.2) is 4.34 Å². The van der Waals surface area contributed by atoms with Gasteiger partial charge in [0.25, 0.3) is 0 Å². The van der Waals surface area contributed by atoms with E-state index in [0.29, 0.717) is 12.2 Å². The van der Waals surface area contributed by atoms with Crippen LogP contribution in [0.15, 0.2) is 34.9 Å². The number of para-hydroxylation sites is 1. The third-order valence-electron chi connectivity index (χ3n) is 1.86. The number of hydrogen-bond donors (Lipinski definition) is 1. The van der Waals surface area contributed by atoms with Gasteiger partial charge in [0.1, 0.15) is 12.1 Å². The molecule has 1 heterocycles. The van der Waals surface area contributed by atoms with Crippen molar-refractivity contribution in [1.82, 2.24) is 9.36 Å². The van der Waals surface area contributed by atoms with E-state index in [1.54, 1.807) is 23.9 Å². The van der Waals surface area contributed by atoms with E-state index in [-0.39, 0.29) is 5.82 Å². The Hall–Kier alpha value is -1.14. The Labute approximate surface area is 101 Å². The molecule has 0 saturated carbocycles. The maximum atomic E-state index is 13.2. The van der Waals surface area contributed by atoms with Crippen molar-refractivity contribution in [3.05, 3.63) is 36.4 Å². The van der Waals surface area contributed by atoms with Crippen LogP contribution in [0.3, 0.4) is 0 Å². The van der Waals surface area contributed by atoms with Crippen LogP contribution in [0.25, 0.3) is 0 Å². The molecule has 1 aromatic carbocycles. The lowest BCUT2D eigenvalue weighted by molar-refractivity contribution is 0.630. The minimum absolute atomic E-state index is 0.219. The van der Waals surface area contributed by atoms with Gasteiger partial charge in [-0.1, -0.05) is 23.9 Å². The number of hydrogen-bond acceptors (Lipinski definition) is 5. The summed E-state index contributed by atoms with van der Waals surface area (Å²) >= 11 is 2.98. The van der Waals surface area contributed by atoms with Crippen LogP contribution < -0.4 is 5.32 Å². The summed E-state index contributed by atoms with van der Waals surface area (Å²) in [6.45, 7) is 0.700. The zero-order valence-electron chi connectivity index (χ0n) is 8.39. The fourth-order valence-electron chi connectivity index (χ4n) is 1.16. The van der Waals surface area contributed by atoms with Gasteiger partial charge in [-0.15, -0.1) is 0 Å². The average molecular weight is 255 g/mol. The van der Waals surface area contributed by atoms with E-state index in [4.69, 9.17) is 0 Å². The van der Waals surface area contributed by atoms with Crippen LogP contribution in [0, 0.1) is 5.82 Å². The highest BCUT2D eigenvalue weighted by molar-refractivity contribution is 8.00. The van der Waals surface area contributed by atoms with Gasteiger partial charge in [-0.25, -0.2) is 9.37 Å². The van der Waals surface area contributed by atoms with Gasteiger partial charge in [-0.05, 0) is 23.7 Å². The molecule has 2 rings (SSSR count). The third-order valence-corrected chi connectivity index (χ3v) is 3.66. The minimum Gasteiger partial charge on any atom is -0.382 e. The van der Waals surface area contributed by atoms with Crippen LogP contribution in [0.4, 0.5) is 10.1 Å². The molecule has 3 nitrogen and oxygen atoms in total. The molecule has 0 unspecified atom stereocenters. The van der Waals surface area contributed by atoms with Crippen LogP contribution in [0.5, 0.6) is 0 Å². The summed E-state index contributed by atoms with van der Waals surface area (Å²) < 4.78 is 18.0. The van der Waals surface area contributed by atoms with Crippen LogP contribution in [-0.4, -0.2) is 21.7 Å². The number of rotatable bonds is 5. The number of nitrogens with one attached hydrogen (secondary N) is 1. The van der Waals surface area contributed by atoms with Crippen molar-refractivity contribution in [3.63, 3.8) is 0 Å². The lowest BCUT2D eigenvalue weighted by Crippen LogP contribution is -2.05. The van der Waals surface area contributed by atoms with Crippen LogP contribution in [-0.2, 0) is 0 Å². The first-order valence-electron chi connectivity index (χ1n) is 4.74. The largest absolute Gasteiger partial charge is 0.382 e. The molecule has 0 spiro atoms. The van der Waals surface area contributed by atoms with Crippen LogP contribution in [0.2, 0.25) is 0 Å². The van der Waals surface area contributed by atoms with Gasteiger partial charge in [-0.3, -0.25) is 0 Å². The van der Waals surface area contributed by atoms with Crippen molar-refractivity contribution in [2.45, 2.75) is 4.34 Å². The molecule has 2 aromatic rings. The van der Waals surface area contributed by atoms with Crippen molar-refractivity contribution in [2.24, 2.45) is 0 Å². The summed E-state index contributed by atoms with van der Waals surface area (Å²) in [7, 11) is 0. The van der Waals surface area contributed by atoms with E-state index in [0.717, 1.165) is 10.1 Å². The van der Waals surface area contributed by atoms with E-state index in [9.17, 15) is 4.39 Å². The Morgan fingerprint density at radius 2 is 2.25 bits per heavy atom. The molecule has 0 fully saturated rings. The molecular weight excluding hydrogens is 245 g/mol. The maximum absolute atomic E-state index is 13.2. The summed E-state index contributed by atoms with van der Waals surface area (Å²) in [4.78, 5) is 4.05. The third kappa shape index (κ3) is 3.18. The fourth-order valence-corrected chi connectivity index (χ4v) is 2.52.